The maximum Gasteiger partial charge on any atom is 0.00778 e. The summed E-state index contributed by atoms with van der Waals surface area (Å²) >= 11 is 5.08. The summed E-state index contributed by atoms with van der Waals surface area (Å²) < 4.78 is 0. The highest BCUT2D eigenvalue weighted by atomic mass is 35.5. The van der Waals surface area contributed by atoms with Crippen LogP contribution in [0.2, 0.25) is 0 Å². The van der Waals surface area contributed by atoms with Crippen LogP contribution in [0.1, 0.15) is 6.92 Å². The fourth-order valence-corrected chi connectivity index (χ4v) is 0. The van der Waals surface area contributed by atoms with Crippen molar-refractivity contribution in [2.75, 3.05) is 0 Å². The van der Waals surface area contributed by atoms with Crippen molar-refractivity contribution in [1.29, 1.82) is 0 Å². The second-order valence-corrected chi connectivity index (χ2v) is 1.32. The Morgan fingerprint density at radius 1 is 1.80 bits per heavy atom. The lowest BCUT2D eigenvalue weighted by Gasteiger charge is -1.61. The SMILES string of the molecule is C=C(C)Cl.[SiH4]. The molecule has 0 aliphatic carbocycles. The molecule has 0 amide bonds. The van der Waals surface area contributed by atoms with Gasteiger partial charge in [-0.15, -0.1) is 0 Å². The summed E-state index contributed by atoms with van der Waals surface area (Å²) in [5.74, 6) is 0. The summed E-state index contributed by atoms with van der Waals surface area (Å²) in [6.45, 7) is 5.06. The standard InChI is InChI=1S/C3H5Cl.H4Si/c1-3(2)4;/h1H2,2H3;1H4. The first kappa shape index (κ1) is 8.98. The lowest BCUT2D eigenvalue weighted by Crippen LogP contribution is -1.34. The summed E-state index contributed by atoms with van der Waals surface area (Å²) in [6.07, 6.45) is 0. The fourth-order valence-electron chi connectivity index (χ4n) is 0. The monoisotopic (exact) mass is 108 g/mol. The normalized spacial score (nSPS) is 5.20. The minimum atomic E-state index is 0. The van der Waals surface area contributed by atoms with Gasteiger partial charge in [0.15, 0.2) is 0 Å². The van der Waals surface area contributed by atoms with Crippen LogP contribution in [0.3, 0.4) is 0 Å². The summed E-state index contributed by atoms with van der Waals surface area (Å²) in [4.78, 5) is 0. The third kappa shape index (κ3) is 352. The minimum Gasteiger partial charge on any atom is -0.0901 e. The molecule has 0 atom stereocenters. The van der Waals surface area contributed by atoms with Gasteiger partial charge >= 0.3 is 0 Å². The van der Waals surface area contributed by atoms with Gasteiger partial charge in [-0.3, -0.25) is 0 Å². The molecule has 0 aliphatic rings. The van der Waals surface area contributed by atoms with Crippen LogP contribution in [0.5, 0.6) is 0 Å². The number of allylic oxidation sites excluding steroid dienone is 1. The van der Waals surface area contributed by atoms with E-state index >= 15 is 0 Å². The molecule has 2 heteroatoms. The average molecular weight is 109 g/mol. The molecule has 0 N–H and O–H groups in total. The van der Waals surface area contributed by atoms with E-state index in [0.717, 1.165) is 0 Å². The Morgan fingerprint density at radius 3 is 1.80 bits per heavy atom. The Balaban J connectivity index is 0. The second-order valence-electron chi connectivity index (χ2n) is 0.676. The van der Waals surface area contributed by atoms with E-state index in [0.29, 0.717) is 5.03 Å². The summed E-state index contributed by atoms with van der Waals surface area (Å²) in [6, 6.07) is 0. The van der Waals surface area contributed by atoms with Crippen molar-refractivity contribution in [2.45, 2.75) is 6.92 Å². The lowest BCUT2D eigenvalue weighted by molar-refractivity contribution is 1.72. The van der Waals surface area contributed by atoms with E-state index in [1.54, 1.807) is 6.92 Å². The highest BCUT2D eigenvalue weighted by molar-refractivity contribution is 6.28. The Bertz CT molecular complexity index is 29.9. The zero-order chi connectivity index (χ0) is 3.58. The van der Waals surface area contributed by atoms with Gasteiger partial charge in [0.1, 0.15) is 0 Å². The van der Waals surface area contributed by atoms with E-state index in [1.807, 2.05) is 0 Å². The molecular formula is C3H9ClSi. The van der Waals surface area contributed by atoms with E-state index in [-0.39, 0.29) is 11.0 Å². The van der Waals surface area contributed by atoms with Crippen LogP contribution in [-0.2, 0) is 0 Å². The molecule has 32 valence electrons. The van der Waals surface area contributed by atoms with Gasteiger partial charge in [0.05, 0.1) is 0 Å². The molecule has 0 heterocycles. The van der Waals surface area contributed by atoms with Crippen molar-refractivity contribution in [1.82, 2.24) is 0 Å². The zero-order valence-electron chi connectivity index (χ0n) is 2.59. The van der Waals surface area contributed by atoms with Crippen LogP contribution >= 0.6 is 11.6 Å². The van der Waals surface area contributed by atoms with Gasteiger partial charge in [0.25, 0.3) is 0 Å². The number of rotatable bonds is 0. The lowest BCUT2D eigenvalue weighted by atomic mass is 10.8. The van der Waals surface area contributed by atoms with Gasteiger partial charge in [-0.25, -0.2) is 0 Å². The van der Waals surface area contributed by atoms with Gasteiger partial charge in [-0.05, 0) is 17.9 Å². The second kappa shape index (κ2) is 4.25. The van der Waals surface area contributed by atoms with Crippen molar-refractivity contribution in [3.63, 3.8) is 0 Å². The molecule has 0 aliphatic heterocycles. The van der Waals surface area contributed by atoms with Gasteiger partial charge < -0.3 is 0 Å². The smallest absolute Gasteiger partial charge is 0.00778 e. The third-order valence-corrected chi connectivity index (χ3v) is 0. The first-order valence-electron chi connectivity index (χ1n) is 1.04. The van der Waals surface area contributed by atoms with Crippen molar-refractivity contribution < 1.29 is 0 Å². The molecule has 0 aromatic carbocycles. The number of hydrogen-bond donors (Lipinski definition) is 0. The van der Waals surface area contributed by atoms with Crippen molar-refractivity contribution in [3.05, 3.63) is 11.6 Å². The molecule has 0 spiro atoms. The van der Waals surface area contributed by atoms with Crippen LogP contribution in [0.25, 0.3) is 0 Å². The van der Waals surface area contributed by atoms with E-state index in [4.69, 9.17) is 11.6 Å². The zero-order valence-corrected chi connectivity index (χ0v) is 3.34. The minimum absolute atomic E-state index is 0. The fraction of sp³-hybridized carbons (Fsp3) is 0.333. The quantitative estimate of drug-likeness (QED) is 0.392. The Hall–Kier alpha value is 0.247. The van der Waals surface area contributed by atoms with E-state index in [1.165, 1.54) is 0 Å². The van der Waals surface area contributed by atoms with Crippen LogP contribution in [0.15, 0.2) is 11.6 Å². The molecule has 0 bridgehead atoms. The third-order valence-electron chi connectivity index (χ3n) is 0. The summed E-state index contributed by atoms with van der Waals surface area (Å²) in [5, 5.41) is 0.639. The molecule has 0 unspecified atom stereocenters. The van der Waals surface area contributed by atoms with Crippen molar-refractivity contribution in [3.8, 4) is 0 Å². The van der Waals surface area contributed by atoms with Crippen LogP contribution in [-0.4, -0.2) is 11.0 Å². The van der Waals surface area contributed by atoms with E-state index < -0.39 is 0 Å². The molecule has 0 saturated carbocycles. The molecular weight excluding hydrogens is 99.6 g/mol. The molecule has 0 rings (SSSR count). The Labute approximate surface area is 41.9 Å². The molecule has 0 nitrogen and oxygen atoms in total. The highest BCUT2D eigenvalue weighted by Crippen LogP contribution is 1.87. The molecule has 0 aromatic rings. The highest BCUT2D eigenvalue weighted by Gasteiger charge is 1.55. The maximum absolute atomic E-state index is 5.08. The van der Waals surface area contributed by atoms with Gasteiger partial charge in [0, 0.05) is 5.03 Å². The summed E-state index contributed by atoms with van der Waals surface area (Å²) in [5.41, 5.74) is 0. The molecule has 0 fully saturated rings. The maximum atomic E-state index is 5.08. The predicted molar refractivity (Wildman–Crippen MR) is 32.0 cm³/mol. The molecule has 0 aromatic heterocycles. The molecule has 0 saturated heterocycles. The van der Waals surface area contributed by atoms with Gasteiger partial charge in [-0.1, -0.05) is 18.2 Å². The van der Waals surface area contributed by atoms with Gasteiger partial charge in [0.2, 0.25) is 0 Å². The Morgan fingerprint density at radius 2 is 1.80 bits per heavy atom. The van der Waals surface area contributed by atoms with Crippen LogP contribution < -0.4 is 0 Å². The average Bonchev–Trinajstić information content (AvgIpc) is 0.811. The first-order chi connectivity index (χ1) is 1.73. The first-order valence-corrected chi connectivity index (χ1v) is 1.42. The number of halogens is 1. The van der Waals surface area contributed by atoms with Crippen molar-refractivity contribution >= 4 is 22.6 Å². The topological polar surface area (TPSA) is 0 Å². The van der Waals surface area contributed by atoms with E-state index in [2.05, 4.69) is 6.58 Å². The predicted octanol–water partition coefficient (Wildman–Crippen LogP) is 0.307. The molecule has 5 heavy (non-hydrogen) atoms. The number of hydrogen-bond acceptors (Lipinski definition) is 0. The van der Waals surface area contributed by atoms with Crippen LogP contribution in [0, 0.1) is 0 Å². The van der Waals surface area contributed by atoms with Crippen LogP contribution in [0.4, 0.5) is 0 Å². The van der Waals surface area contributed by atoms with E-state index in [9.17, 15) is 0 Å². The Kier molecular flexibility index (Phi) is 7.62. The largest absolute Gasteiger partial charge is 0.0901 e. The van der Waals surface area contributed by atoms with Crippen molar-refractivity contribution in [2.24, 2.45) is 0 Å². The summed E-state index contributed by atoms with van der Waals surface area (Å²) in [7, 11) is 0. The molecule has 0 radical (unpaired) electrons. The van der Waals surface area contributed by atoms with Gasteiger partial charge in [-0.2, -0.15) is 0 Å².